The van der Waals surface area contributed by atoms with Crippen molar-refractivity contribution in [1.82, 2.24) is 5.32 Å². The van der Waals surface area contributed by atoms with Gasteiger partial charge in [-0.3, -0.25) is 0 Å². The lowest BCUT2D eigenvalue weighted by Crippen LogP contribution is -2.33. The van der Waals surface area contributed by atoms with Gasteiger partial charge in [0.05, 0.1) is 0 Å². The second-order valence-electron chi connectivity index (χ2n) is 3.14. The SMILES string of the molecule is CCNCC1(F)CCCC1. The first-order valence-electron chi connectivity index (χ1n) is 4.16. The van der Waals surface area contributed by atoms with Gasteiger partial charge < -0.3 is 5.32 Å². The zero-order valence-corrected chi connectivity index (χ0v) is 6.62. The van der Waals surface area contributed by atoms with Crippen molar-refractivity contribution in [2.24, 2.45) is 0 Å². The van der Waals surface area contributed by atoms with E-state index in [1.807, 2.05) is 6.92 Å². The third-order valence-electron chi connectivity index (χ3n) is 2.19. The average Bonchev–Trinajstić information content (AvgIpc) is 2.33. The highest BCUT2D eigenvalue weighted by molar-refractivity contribution is 4.86. The zero-order chi connectivity index (χ0) is 7.45. The Morgan fingerprint density at radius 3 is 2.50 bits per heavy atom. The normalized spacial score (nSPS) is 23.4. The minimum atomic E-state index is -0.865. The molecule has 0 atom stereocenters. The van der Waals surface area contributed by atoms with E-state index in [-0.39, 0.29) is 0 Å². The van der Waals surface area contributed by atoms with Crippen molar-refractivity contribution >= 4 is 0 Å². The molecule has 0 aromatic heterocycles. The molecule has 1 N–H and O–H groups in total. The molecule has 0 aliphatic heterocycles. The van der Waals surface area contributed by atoms with E-state index in [0.717, 1.165) is 32.2 Å². The van der Waals surface area contributed by atoms with Gasteiger partial charge >= 0.3 is 0 Å². The number of halogens is 1. The molecule has 0 heterocycles. The highest BCUT2D eigenvalue weighted by Gasteiger charge is 2.32. The largest absolute Gasteiger partial charge is 0.314 e. The third kappa shape index (κ3) is 1.94. The summed E-state index contributed by atoms with van der Waals surface area (Å²) in [6.07, 6.45) is 3.67. The highest BCUT2D eigenvalue weighted by atomic mass is 19.1. The summed E-state index contributed by atoms with van der Waals surface area (Å²) in [5.41, 5.74) is -0.865. The van der Waals surface area contributed by atoms with Crippen LogP contribution in [-0.2, 0) is 0 Å². The minimum Gasteiger partial charge on any atom is -0.314 e. The van der Waals surface area contributed by atoms with E-state index in [4.69, 9.17) is 0 Å². The van der Waals surface area contributed by atoms with Crippen LogP contribution in [0.15, 0.2) is 0 Å². The van der Waals surface area contributed by atoms with Crippen LogP contribution in [-0.4, -0.2) is 18.8 Å². The fourth-order valence-electron chi connectivity index (χ4n) is 1.53. The van der Waals surface area contributed by atoms with E-state index in [1.54, 1.807) is 0 Å². The second-order valence-corrected chi connectivity index (χ2v) is 3.14. The Labute approximate surface area is 62.0 Å². The average molecular weight is 145 g/mol. The molecule has 0 bridgehead atoms. The van der Waals surface area contributed by atoms with Gasteiger partial charge in [0.15, 0.2) is 0 Å². The van der Waals surface area contributed by atoms with Crippen LogP contribution in [0.2, 0.25) is 0 Å². The van der Waals surface area contributed by atoms with Gasteiger partial charge in [-0.1, -0.05) is 19.8 Å². The summed E-state index contributed by atoms with van der Waals surface area (Å²) in [4.78, 5) is 0. The molecular formula is C8H16FN. The number of nitrogens with one attached hydrogen (secondary N) is 1. The van der Waals surface area contributed by atoms with Gasteiger partial charge in [-0.2, -0.15) is 0 Å². The Morgan fingerprint density at radius 2 is 2.00 bits per heavy atom. The van der Waals surface area contributed by atoms with Crippen LogP contribution in [0, 0.1) is 0 Å². The quantitative estimate of drug-likeness (QED) is 0.639. The lowest BCUT2D eigenvalue weighted by atomic mass is 10.1. The molecule has 0 aromatic rings. The predicted octanol–water partition coefficient (Wildman–Crippen LogP) is 1.88. The smallest absolute Gasteiger partial charge is 0.123 e. The molecule has 10 heavy (non-hydrogen) atoms. The highest BCUT2D eigenvalue weighted by Crippen LogP contribution is 2.32. The Hall–Kier alpha value is -0.110. The van der Waals surface area contributed by atoms with Gasteiger partial charge in [-0.15, -0.1) is 0 Å². The molecule has 1 aliphatic rings. The van der Waals surface area contributed by atoms with Crippen LogP contribution < -0.4 is 5.32 Å². The first-order chi connectivity index (χ1) is 4.77. The number of rotatable bonds is 3. The van der Waals surface area contributed by atoms with Crippen LogP contribution >= 0.6 is 0 Å². The monoisotopic (exact) mass is 145 g/mol. The molecule has 1 fully saturated rings. The lowest BCUT2D eigenvalue weighted by Gasteiger charge is -2.18. The van der Waals surface area contributed by atoms with E-state index in [2.05, 4.69) is 5.32 Å². The van der Waals surface area contributed by atoms with E-state index in [1.165, 1.54) is 0 Å². The molecular weight excluding hydrogens is 129 g/mol. The Morgan fingerprint density at radius 1 is 1.40 bits per heavy atom. The van der Waals surface area contributed by atoms with Crippen LogP contribution in [0.1, 0.15) is 32.6 Å². The maximum absolute atomic E-state index is 13.4. The topological polar surface area (TPSA) is 12.0 Å². The summed E-state index contributed by atoms with van der Waals surface area (Å²) in [6.45, 7) is 3.45. The van der Waals surface area contributed by atoms with Gasteiger partial charge in [0.25, 0.3) is 0 Å². The van der Waals surface area contributed by atoms with Gasteiger partial charge in [0.1, 0.15) is 5.67 Å². The second kappa shape index (κ2) is 3.33. The molecule has 1 nitrogen and oxygen atoms in total. The molecule has 1 rings (SSSR count). The fraction of sp³-hybridized carbons (Fsp3) is 1.00. The minimum absolute atomic E-state index is 0.559. The number of hydrogen-bond acceptors (Lipinski definition) is 1. The molecule has 1 aliphatic carbocycles. The molecule has 1 saturated carbocycles. The van der Waals surface area contributed by atoms with Crippen molar-refractivity contribution in [3.63, 3.8) is 0 Å². The summed E-state index contributed by atoms with van der Waals surface area (Å²) in [6, 6.07) is 0. The zero-order valence-electron chi connectivity index (χ0n) is 6.62. The third-order valence-corrected chi connectivity index (χ3v) is 2.19. The molecule has 0 unspecified atom stereocenters. The fourth-order valence-corrected chi connectivity index (χ4v) is 1.53. The van der Waals surface area contributed by atoms with Crippen LogP contribution in [0.25, 0.3) is 0 Å². The summed E-state index contributed by atoms with van der Waals surface area (Å²) in [5.74, 6) is 0. The van der Waals surface area contributed by atoms with Crippen molar-refractivity contribution in [3.8, 4) is 0 Å². The molecule has 2 heteroatoms. The Balaban J connectivity index is 2.22. The van der Waals surface area contributed by atoms with Crippen LogP contribution in [0.5, 0.6) is 0 Å². The van der Waals surface area contributed by atoms with Crippen molar-refractivity contribution in [2.45, 2.75) is 38.3 Å². The summed E-state index contributed by atoms with van der Waals surface area (Å²) in [7, 11) is 0. The maximum Gasteiger partial charge on any atom is 0.123 e. The van der Waals surface area contributed by atoms with Crippen molar-refractivity contribution in [1.29, 1.82) is 0 Å². The molecule has 0 saturated heterocycles. The van der Waals surface area contributed by atoms with E-state index < -0.39 is 5.67 Å². The molecule has 0 spiro atoms. The van der Waals surface area contributed by atoms with Crippen LogP contribution in [0.3, 0.4) is 0 Å². The molecule has 0 radical (unpaired) electrons. The standard InChI is InChI=1S/C8H16FN/c1-2-10-7-8(9)5-3-4-6-8/h10H,2-7H2,1H3. The van der Waals surface area contributed by atoms with Gasteiger partial charge in [0.2, 0.25) is 0 Å². The Bertz CT molecular complexity index is 97.4. The van der Waals surface area contributed by atoms with Crippen molar-refractivity contribution in [2.75, 3.05) is 13.1 Å². The summed E-state index contributed by atoms with van der Waals surface area (Å²) < 4.78 is 13.4. The lowest BCUT2D eigenvalue weighted by molar-refractivity contribution is 0.169. The first-order valence-corrected chi connectivity index (χ1v) is 4.16. The Kier molecular flexibility index (Phi) is 2.66. The number of alkyl halides is 1. The van der Waals surface area contributed by atoms with Crippen LogP contribution in [0.4, 0.5) is 4.39 Å². The van der Waals surface area contributed by atoms with E-state index in [0.29, 0.717) is 6.54 Å². The van der Waals surface area contributed by atoms with Crippen molar-refractivity contribution < 1.29 is 4.39 Å². The van der Waals surface area contributed by atoms with E-state index >= 15 is 0 Å². The van der Waals surface area contributed by atoms with Gasteiger partial charge in [-0.25, -0.2) is 4.39 Å². The number of hydrogen-bond donors (Lipinski definition) is 1. The van der Waals surface area contributed by atoms with Gasteiger partial charge in [0, 0.05) is 6.54 Å². The maximum atomic E-state index is 13.4. The van der Waals surface area contributed by atoms with E-state index in [9.17, 15) is 4.39 Å². The first kappa shape index (κ1) is 7.99. The van der Waals surface area contributed by atoms with Gasteiger partial charge in [-0.05, 0) is 19.4 Å². The molecule has 0 amide bonds. The van der Waals surface area contributed by atoms with Crippen molar-refractivity contribution in [3.05, 3.63) is 0 Å². The molecule has 60 valence electrons. The molecule has 0 aromatic carbocycles. The summed E-state index contributed by atoms with van der Waals surface area (Å²) >= 11 is 0. The predicted molar refractivity (Wildman–Crippen MR) is 40.9 cm³/mol. The summed E-state index contributed by atoms with van der Waals surface area (Å²) in [5, 5.41) is 3.06.